The lowest BCUT2D eigenvalue weighted by Gasteiger charge is -2.57. The molecule has 0 spiro atoms. The fourth-order valence-electron chi connectivity index (χ4n) is 14.1. The van der Waals surface area contributed by atoms with Crippen LogP contribution in [0, 0.1) is 35.5 Å². The van der Waals surface area contributed by atoms with Crippen LogP contribution in [-0.2, 0) is 10.8 Å². The molecule has 8 fully saturated rings. The summed E-state index contributed by atoms with van der Waals surface area (Å²) in [5.41, 5.74) is 6.74. The molecule has 5 nitrogen and oxygen atoms in total. The monoisotopic (exact) mass is 680 g/mol. The van der Waals surface area contributed by atoms with E-state index in [2.05, 4.69) is 89.5 Å². The van der Waals surface area contributed by atoms with Crippen LogP contribution in [0.15, 0.2) is 89.3 Å². The number of para-hydroxylation sites is 2. The van der Waals surface area contributed by atoms with E-state index in [0.29, 0.717) is 0 Å². The van der Waals surface area contributed by atoms with Crippen LogP contribution < -0.4 is 0 Å². The lowest BCUT2D eigenvalue weighted by Crippen LogP contribution is -2.51. The van der Waals surface area contributed by atoms with Crippen LogP contribution in [0.5, 0.6) is 0 Å². The number of nitrogens with zero attached hydrogens (tertiary/aromatic N) is 4. The van der Waals surface area contributed by atoms with Crippen LogP contribution in [-0.4, -0.2) is 19.5 Å². The molecule has 0 unspecified atom stereocenters. The molecule has 3 aromatic heterocycles. The average Bonchev–Trinajstić information content (AvgIpc) is 3.69. The zero-order chi connectivity index (χ0) is 33.8. The Labute approximate surface area is 303 Å². The Bertz CT molecular complexity index is 2490. The quantitative estimate of drug-likeness (QED) is 0.186. The van der Waals surface area contributed by atoms with E-state index in [0.717, 1.165) is 80.8 Å². The Balaban J connectivity index is 1.03. The van der Waals surface area contributed by atoms with Gasteiger partial charge in [-0.1, -0.05) is 48.5 Å². The molecule has 0 amide bonds. The summed E-state index contributed by atoms with van der Waals surface area (Å²) >= 11 is 0. The van der Waals surface area contributed by atoms with Gasteiger partial charge in [0.15, 0.2) is 5.82 Å². The van der Waals surface area contributed by atoms with Crippen molar-refractivity contribution in [2.24, 2.45) is 35.5 Å². The summed E-state index contributed by atoms with van der Waals surface area (Å²) in [6.45, 7) is 0. The largest absolute Gasteiger partial charge is 0.456 e. The van der Waals surface area contributed by atoms with E-state index in [9.17, 15) is 0 Å². The van der Waals surface area contributed by atoms with Gasteiger partial charge in [0.1, 0.15) is 22.8 Å². The molecular formula is C47H44N4O. The Morgan fingerprint density at radius 3 is 1.73 bits per heavy atom. The van der Waals surface area contributed by atoms with Gasteiger partial charge in [-0.15, -0.1) is 0 Å². The van der Waals surface area contributed by atoms with Crippen molar-refractivity contribution in [1.29, 1.82) is 0 Å². The lowest BCUT2D eigenvalue weighted by molar-refractivity contribution is -0.0155. The molecule has 0 aliphatic heterocycles. The van der Waals surface area contributed by atoms with Crippen molar-refractivity contribution in [2.45, 2.75) is 87.9 Å². The van der Waals surface area contributed by atoms with E-state index in [1.165, 1.54) is 104 Å². The highest BCUT2D eigenvalue weighted by molar-refractivity contribution is 6.24. The maximum Gasteiger partial charge on any atom is 0.163 e. The normalized spacial score (nSPS) is 33.0. The second-order valence-corrected chi connectivity index (χ2v) is 18.5. The first-order valence-corrected chi connectivity index (χ1v) is 20.3. The molecule has 5 heteroatoms. The number of aromatic nitrogens is 4. The molecule has 7 aromatic rings. The van der Waals surface area contributed by atoms with E-state index >= 15 is 0 Å². The fraction of sp³-hybridized carbons (Fsp3) is 0.426. The third-order valence-corrected chi connectivity index (χ3v) is 15.2. The Kier molecular flexibility index (Phi) is 5.65. The molecule has 3 heterocycles. The van der Waals surface area contributed by atoms with Gasteiger partial charge < -0.3 is 8.98 Å². The van der Waals surface area contributed by atoms with Gasteiger partial charge in [-0.2, -0.15) is 0 Å². The predicted molar refractivity (Wildman–Crippen MR) is 207 cm³/mol. The number of furan rings is 1. The van der Waals surface area contributed by atoms with Crippen molar-refractivity contribution in [3.05, 3.63) is 96.6 Å². The molecule has 15 rings (SSSR count). The van der Waals surface area contributed by atoms with Crippen molar-refractivity contribution in [3.63, 3.8) is 0 Å². The van der Waals surface area contributed by atoms with E-state index in [-0.39, 0.29) is 10.8 Å². The maximum absolute atomic E-state index is 6.43. The minimum absolute atomic E-state index is 0.127. The standard InChI is InChI=1S/C47H44N4O/c1-3-10-38-35(8-1)36-12-13-40-41(37-9-2-4-11-39(37)52-40)42(36)51(38)34-7-5-6-33(20-34)43-48-44(46-21-27-14-28(22-46)16-29(15-27)23-46)50-45(49-43)47-24-30-17-31(25-47)19-32(18-30)26-47/h1-13,20,27-32H,14-19,21-26H2. The Hall–Kier alpha value is -4.51. The first-order valence-electron chi connectivity index (χ1n) is 20.3. The summed E-state index contributed by atoms with van der Waals surface area (Å²) in [6.07, 6.45) is 16.2. The Morgan fingerprint density at radius 2 is 1.10 bits per heavy atom. The first kappa shape index (κ1) is 29.0. The number of hydrogen-bond donors (Lipinski definition) is 0. The lowest BCUT2D eigenvalue weighted by atomic mass is 9.49. The Morgan fingerprint density at radius 1 is 0.519 bits per heavy atom. The smallest absolute Gasteiger partial charge is 0.163 e. The maximum atomic E-state index is 6.43. The van der Waals surface area contributed by atoms with Crippen molar-refractivity contribution in [3.8, 4) is 17.1 Å². The van der Waals surface area contributed by atoms with Crippen LogP contribution >= 0.6 is 0 Å². The van der Waals surface area contributed by atoms with Gasteiger partial charge in [0.25, 0.3) is 0 Å². The molecule has 258 valence electrons. The SMILES string of the molecule is c1cc(-c2nc(C34CC5CC(CC(C5)C3)C4)nc(C34CC5CC(CC(C5)C3)C4)n2)cc(-n2c3ccccc3c3ccc4oc5ccccc5c4c32)c1. The molecule has 0 radical (unpaired) electrons. The van der Waals surface area contributed by atoms with Crippen molar-refractivity contribution < 1.29 is 4.42 Å². The summed E-state index contributed by atoms with van der Waals surface area (Å²) < 4.78 is 8.89. The minimum atomic E-state index is 0.127. The van der Waals surface area contributed by atoms with Gasteiger partial charge >= 0.3 is 0 Å². The highest BCUT2D eigenvalue weighted by atomic mass is 16.3. The highest BCUT2D eigenvalue weighted by Crippen LogP contribution is 2.62. The zero-order valence-corrected chi connectivity index (χ0v) is 29.7. The molecule has 52 heavy (non-hydrogen) atoms. The average molecular weight is 681 g/mol. The van der Waals surface area contributed by atoms with Crippen LogP contribution in [0.25, 0.3) is 60.8 Å². The summed E-state index contributed by atoms with van der Waals surface area (Å²) in [4.78, 5) is 16.9. The fourth-order valence-corrected chi connectivity index (χ4v) is 14.1. The summed E-state index contributed by atoms with van der Waals surface area (Å²) in [5.74, 6) is 8.30. The second-order valence-electron chi connectivity index (χ2n) is 18.5. The highest BCUT2D eigenvalue weighted by Gasteiger charge is 2.56. The van der Waals surface area contributed by atoms with Gasteiger partial charge in [0, 0.05) is 38.2 Å². The van der Waals surface area contributed by atoms with Gasteiger partial charge in [-0.25, -0.2) is 15.0 Å². The molecule has 4 aromatic carbocycles. The predicted octanol–water partition coefficient (Wildman–Crippen LogP) is 11.5. The minimum Gasteiger partial charge on any atom is -0.456 e. The number of hydrogen-bond acceptors (Lipinski definition) is 4. The molecular weight excluding hydrogens is 637 g/mol. The van der Waals surface area contributed by atoms with Gasteiger partial charge in [0.05, 0.1) is 16.4 Å². The molecule has 8 aliphatic carbocycles. The summed E-state index contributed by atoms with van der Waals surface area (Å²) in [5, 5.41) is 4.82. The van der Waals surface area contributed by atoms with Crippen molar-refractivity contribution >= 4 is 43.7 Å². The zero-order valence-electron chi connectivity index (χ0n) is 29.7. The molecule has 8 bridgehead atoms. The summed E-state index contributed by atoms with van der Waals surface area (Å²) in [6, 6.07) is 30.8. The third-order valence-electron chi connectivity index (χ3n) is 15.2. The second kappa shape index (κ2) is 10.1. The molecule has 8 saturated carbocycles. The van der Waals surface area contributed by atoms with E-state index < -0.39 is 0 Å². The van der Waals surface area contributed by atoms with E-state index in [1.54, 1.807) is 0 Å². The van der Waals surface area contributed by atoms with Crippen LogP contribution in [0.1, 0.15) is 88.7 Å². The van der Waals surface area contributed by atoms with Crippen molar-refractivity contribution in [1.82, 2.24) is 19.5 Å². The summed E-state index contributed by atoms with van der Waals surface area (Å²) in [7, 11) is 0. The topological polar surface area (TPSA) is 56.7 Å². The molecule has 8 aliphatic rings. The number of benzene rings is 4. The number of rotatable bonds is 4. The van der Waals surface area contributed by atoms with Crippen molar-refractivity contribution in [2.75, 3.05) is 0 Å². The van der Waals surface area contributed by atoms with E-state index in [4.69, 9.17) is 19.4 Å². The third kappa shape index (κ3) is 3.98. The van der Waals surface area contributed by atoms with Crippen LogP contribution in [0.4, 0.5) is 0 Å². The van der Waals surface area contributed by atoms with Gasteiger partial charge in [-0.3, -0.25) is 0 Å². The van der Waals surface area contributed by atoms with Gasteiger partial charge in [0.2, 0.25) is 0 Å². The molecule has 0 atom stereocenters. The van der Waals surface area contributed by atoms with Gasteiger partial charge in [-0.05, 0) is 149 Å². The number of fused-ring (bicyclic) bond motifs is 7. The van der Waals surface area contributed by atoms with Crippen LogP contribution in [0.3, 0.4) is 0 Å². The molecule has 0 saturated heterocycles. The molecule has 0 N–H and O–H groups in total. The van der Waals surface area contributed by atoms with Crippen LogP contribution in [0.2, 0.25) is 0 Å². The first-order chi connectivity index (χ1) is 25.6. The van der Waals surface area contributed by atoms with E-state index in [1.807, 2.05) is 0 Å².